The molecule has 0 rings (SSSR count). The summed E-state index contributed by atoms with van der Waals surface area (Å²) in [6.07, 6.45) is 21.7. The van der Waals surface area contributed by atoms with Crippen molar-refractivity contribution in [1.82, 2.24) is 0 Å². The normalized spacial score (nSPS) is 11.0. The summed E-state index contributed by atoms with van der Waals surface area (Å²) in [4.78, 5) is 40.5. The van der Waals surface area contributed by atoms with Crippen LogP contribution in [-0.4, -0.2) is 40.8 Å². The molecular weight excluding hydrogens is 388 g/mol. The molecule has 0 aliphatic carbocycles. The molecule has 4 N–H and O–H groups in total. The Labute approximate surface area is 179 Å². The molecule has 0 amide bonds. The minimum Gasteiger partial charge on any atom is -0.462 e. The Morgan fingerprint density at radius 1 is 0.690 bits per heavy atom. The van der Waals surface area contributed by atoms with E-state index < -0.39 is 9.05 Å². The van der Waals surface area contributed by atoms with Crippen LogP contribution in [-0.2, 0) is 9.53 Å². The van der Waals surface area contributed by atoms with E-state index in [0.717, 1.165) is 6.42 Å². The highest BCUT2D eigenvalue weighted by molar-refractivity contribution is 6.46. The Morgan fingerprint density at radius 3 is 1.24 bits per heavy atom. The zero-order valence-electron chi connectivity index (χ0n) is 18.8. The molecule has 0 aliphatic rings. The molecular formula is C22H46O6Si. The van der Waals surface area contributed by atoms with Crippen molar-refractivity contribution in [3.8, 4) is 0 Å². The molecule has 0 aromatic heterocycles. The van der Waals surface area contributed by atoms with Gasteiger partial charge in [0.15, 0.2) is 0 Å². The van der Waals surface area contributed by atoms with Crippen molar-refractivity contribution in [2.24, 2.45) is 0 Å². The monoisotopic (exact) mass is 434 g/mol. The number of unbranched alkanes of at least 4 members (excludes halogenated alkanes) is 15. The molecule has 0 bridgehead atoms. The van der Waals surface area contributed by atoms with E-state index in [1.807, 2.05) is 0 Å². The maximum absolute atomic E-state index is 11.2. The van der Waals surface area contributed by atoms with Gasteiger partial charge in [-0.25, -0.2) is 4.79 Å². The van der Waals surface area contributed by atoms with Gasteiger partial charge in [0.25, 0.3) is 0 Å². The lowest BCUT2D eigenvalue weighted by molar-refractivity contribution is -0.139. The first-order chi connectivity index (χ1) is 13.7. The zero-order valence-corrected chi connectivity index (χ0v) is 19.8. The van der Waals surface area contributed by atoms with E-state index in [-0.39, 0.29) is 5.97 Å². The van der Waals surface area contributed by atoms with Crippen LogP contribution < -0.4 is 0 Å². The summed E-state index contributed by atoms with van der Waals surface area (Å²) in [5, 5.41) is 0. The van der Waals surface area contributed by atoms with Crippen LogP contribution in [0.4, 0.5) is 0 Å². The van der Waals surface area contributed by atoms with E-state index in [0.29, 0.717) is 12.2 Å². The first-order valence-corrected chi connectivity index (χ1v) is 13.2. The van der Waals surface area contributed by atoms with Gasteiger partial charge in [-0.05, 0) is 13.3 Å². The smallest absolute Gasteiger partial charge is 0.462 e. The van der Waals surface area contributed by atoms with Crippen molar-refractivity contribution in [2.75, 3.05) is 6.61 Å². The lowest BCUT2D eigenvalue weighted by atomic mass is 10.0. The molecule has 0 saturated heterocycles. The van der Waals surface area contributed by atoms with Crippen LogP contribution in [0.25, 0.3) is 0 Å². The number of hydrogen-bond donors (Lipinski definition) is 4. The number of rotatable bonds is 18. The molecule has 174 valence electrons. The van der Waals surface area contributed by atoms with Crippen LogP contribution >= 0.6 is 0 Å². The third kappa shape index (κ3) is 35.1. The van der Waals surface area contributed by atoms with E-state index in [9.17, 15) is 4.79 Å². The maximum Gasteiger partial charge on any atom is 0.668 e. The largest absolute Gasteiger partial charge is 0.668 e. The fraction of sp³-hybridized carbons (Fsp3) is 0.864. The van der Waals surface area contributed by atoms with Crippen molar-refractivity contribution in [3.63, 3.8) is 0 Å². The predicted octanol–water partition coefficient (Wildman–Crippen LogP) is 4.76. The highest BCUT2D eigenvalue weighted by Gasteiger charge is 2.22. The lowest BCUT2D eigenvalue weighted by Gasteiger charge is -2.05. The molecule has 29 heavy (non-hydrogen) atoms. The van der Waals surface area contributed by atoms with Crippen LogP contribution in [0.1, 0.15) is 117 Å². The van der Waals surface area contributed by atoms with E-state index in [1.54, 1.807) is 6.92 Å². The maximum atomic E-state index is 11.2. The van der Waals surface area contributed by atoms with Crippen LogP contribution in [0.15, 0.2) is 12.2 Å². The van der Waals surface area contributed by atoms with Gasteiger partial charge < -0.3 is 23.9 Å². The molecule has 0 spiro atoms. The Kier molecular flexibility index (Phi) is 23.1. The lowest BCUT2D eigenvalue weighted by Crippen LogP contribution is -2.33. The minimum absolute atomic E-state index is 0.254. The van der Waals surface area contributed by atoms with Crippen LogP contribution in [0.2, 0.25) is 0 Å². The van der Waals surface area contributed by atoms with Crippen molar-refractivity contribution < 1.29 is 28.7 Å². The highest BCUT2D eigenvalue weighted by Crippen LogP contribution is 2.13. The van der Waals surface area contributed by atoms with Gasteiger partial charge in [-0.1, -0.05) is 110 Å². The quantitative estimate of drug-likeness (QED) is 0.107. The summed E-state index contributed by atoms with van der Waals surface area (Å²) in [5.41, 5.74) is 0.492. The minimum atomic E-state index is -4.61. The number of carbonyl (C=O) groups excluding carboxylic acids is 1. The van der Waals surface area contributed by atoms with Crippen molar-refractivity contribution in [1.29, 1.82) is 0 Å². The predicted molar refractivity (Wildman–Crippen MR) is 120 cm³/mol. The average molecular weight is 435 g/mol. The summed E-state index contributed by atoms with van der Waals surface area (Å²) in [6.45, 7) is 8.09. The molecule has 0 atom stereocenters. The molecule has 0 saturated carbocycles. The summed E-state index contributed by atoms with van der Waals surface area (Å²) < 4.78 is 5.08. The van der Waals surface area contributed by atoms with E-state index in [4.69, 9.17) is 23.9 Å². The van der Waals surface area contributed by atoms with Gasteiger partial charge in [0.1, 0.15) is 0 Å². The third-order valence-electron chi connectivity index (χ3n) is 4.58. The first kappa shape index (κ1) is 30.5. The summed E-state index contributed by atoms with van der Waals surface area (Å²) in [5.74, 6) is -0.254. The van der Waals surface area contributed by atoms with Gasteiger partial charge in [-0.3, -0.25) is 0 Å². The van der Waals surface area contributed by atoms with Gasteiger partial charge in [0.2, 0.25) is 0 Å². The summed E-state index contributed by atoms with van der Waals surface area (Å²) >= 11 is 0. The summed E-state index contributed by atoms with van der Waals surface area (Å²) in [7, 11) is -4.61. The molecule has 0 aliphatic heterocycles. The second kappa shape index (κ2) is 22.0. The fourth-order valence-corrected chi connectivity index (χ4v) is 2.94. The van der Waals surface area contributed by atoms with E-state index >= 15 is 0 Å². The van der Waals surface area contributed by atoms with Gasteiger partial charge in [0, 0.05) is 5.57 Å². The third-order valence-corrected chi connectivity index (χ3v) is 4.58. The molecule has 7 heteroatoms. The molecule has 0 aromatic rings. The topological polar surface area (TPSA) is 107 Å². The number of hydrogen-bond acceptors (Lipinski definition) is 6. The Bertz CT molecular complexity index is 376. The molecule has 0 fully saturated rings. The number of esters is 1. The van der Waals surface area contributed by atoms with Crippen molar-refractivity contribution in [3.05, 3.63) is 12.2 Å². The standard InChI is InChI=1S/C22H42O2.H4O4Si/c1-4-5-6-7-8-9-10-11-12-13-14-15-16-17-18-19-20-24-22(23)21(2)3;1-5(2,3)4/h2,4-20H2,1,3H3;1-4H. The van der Waals surface area contributed by atoms with Crippen LogP contribution in [0, 0.1) is 0 Å². The molecule has 0 heterocycles. The second-order valence-electron chi connectivity index (χ2n) is 7.82. The summed E-state index contributed by atoms with van der Waals surface area (Å²) in [6, 6.07) is 0. The van der Waals surface area contributed by atoms with Crippen molar-refractivity contribution in [2.45, 2.75) is 117 Å². The van der Waals surface area contributed by atoms with Gasteiger partial charge in [-0.15, -0.1) is 0 Å². The molecule has 0 aromatic carbocycles. The number of ether oxygens (including phenoxy) is 1. The SMILES string of the molecule is C=C(C)C(=O)OCCCCCCCCCCCCCCCCCC.O[Si](O)(O)O. The van der Waals surface area contributed by atoms with Gasteiger partial charge >= 0.3 is 15.0 Å². The fourth-order valence-electron chi connectivity index (χ4n) is 2.94. The van der Waals surface area contributed by atoms with E-state index in [1.165, 1.54) is 96.3 Å². The first-order valence-electron chi connectivity index (χ1n) is 11.4. The Morgan fingerprint density at radius 2 is 0.966 bits per heavy atom. The molecule has 6 nitrogen and oxygen atoms in total. The number of carbonyl (C=O) groups is 1. The highest BCUT2D eigenvalue weighted by atomic mass is 28.4. The molecule has 0 radical (unpaired) electrons. The van der Waals surface area contributed by atoms with Gasteiger partial charge in [-0.2, -0.15) is 0 Å². The van der Waals surface area contributed by atoms with E-state index in [2.05, 4.69) is 13.5 Å². The zero-order chi connectivity index (χ0) is 22.4. The van der Waals surface area contributed by atoms with Gasteiger partial charge in [0.05, 0.1) is 6.61 Å². The second-order valence-corrected chi connectivity index (χ2v) is 9.02. The molecule has 0 unspecified atom stereocenters. The Hall–Kier alpha value is -0.733. The Balaban J connectivity index is 0. The van der Waals surface area contributed by atoms with Crippen LogP contribution in [0.3, 0.4) is 0 Å². The van der Waals surface area contributed by atoms with Crippen LogP contribution in [0.5, 0.6) is 0 Å². The van der Waals surface area contributed by atoms with Crippen molar-refractivity contribution >= 4 is 15.0 Å². The average Bonchev–Trinajstić information content (AvgIpc) is 2.62.